The molecule has 0 unspecified atom stereocenters. The number of carbonyl (C=O) groups is 2. The maximum Gasteiger partial charge on any atom is 0.347 e. The van der Waals surface area contributed by atoms with Gasteiger partial charge in [-0.05, 0) is 42.2 Å². The van der Waals surface area contributed by atoms with Crippen LogP contribution in [0.4, 0.5) is 5.69 Å². The van der Waals surface area contributed by atoms with Crippen LogP contribution in [0, 0.1) is 0 Å². The number of carbonyl (C=O) groups excluding carboxylic acids is 2. The first-order valence-corrected chi connectivity index (χ1v) is 9.36. The molecule has 3 rings (SSSR count). The Labute approximate surface area is 169 Å². The second kappa shape index (κ2) is 8.43. The molecule has 0 fully saturated rings. The molecule has 0 bridgehead atoms. The lowest BCUT2D eigenvalue weighted by molar-refractivity contribution is -0.153. The highest BCUT2D eigenvalue weighted by atomic mass is 16.7. The molecule has 0 aliphatic carbocycles. The lowest BCUT2D eigenvalue weighted by atomic mass is 9.87. The van der Waals surface area contributed by atoms with Crippen molar-refractivity contribution in [1.29, 1.82) is 0 Å². The molecule has 7 heteroatoms. The van der Waals surface area contributed by atoms with Crippen LogP contribution >= 0.6 is 0 Å². The zero-order chi connectivity index (χ0) is 21.0. The van der Waals surface area contributed by atoms with E-state index in [4.69, 9.17) is 18.9 Å². The predicted molar refractivity (Wildman–Crippen MR) is 107 cm³/mol. The van der Waals surface area contributed by atoms with Crippen molar-refractivity contribution < 1.29 is 28.5 Å². The van der Waals surface area contributed by atoms with E-state index in [1.807, 2.05) is 24.3 Å². The fraction of sp³-hybridized carbons (Fsp3) is 0.364. The Morgan fingerprint density at radius 1 is 1.07 bits per heavy atom. The SMILES string of the molecule is C[C@@H](Oc1ccc(C(C)(C)C)cc1)C(=O)OCC(=O)Nc1ccc2c(c1)OCO2. The van der Waals surface area contributed by atoms with Gasteiger partial charge in [0, 0.05) is 11.8 Å². The Kier molecular flexibility index (Phi) is 5.96. The van der Waals surface area contributed by atoms with Crippen molar-refractivity contribution in [2.24, 2.45) is 0 Å². The topological polar surface area (TPSA) is 83.1 Å². The summed E-state index contributed by atoms with van der Waals surface area (Å²) in [5, 5.41) is 2.64. The van der Waals surface area contributed by atoms with Crippen LogP contribution < -0.4 is 19.5 Å². The van der Waals surface area contributed by atoms with Crippen LogP contribution in [0.25, 0.3) is 0 Å². The van der Waals surface area contributed by atoms with Gasteiger partial charge in [-0.15, -0.1) is 0 Å². The number of amides is 1. The molecule has 29 heavy (non-hydrogen) atoms. The Balaban J connectivity index is 1.46. The van der Waals surface area contributed by atoms with Gasteiger partial charge in [-0.2, -0.15) is 0 Å². The summed E-state index contributed by atoms with van der Waals surface area (Å²) in [6.45, 7) is 7.69. The van der Waals surface area contributed by atoms with Gasteiger partial charge in [0.2, 0.25) is 6.79 Å². The molecule has 1 heterocycles. The first-order chi connectivity index (χ1) is 13.7. The van der Waals surface area contributed by atoms with Crippen molar-refractivity contribution in [3.05, 3.63) is 48.0 Å². The zero-order valence-electron chi connectivity index (χ0n) is 17.0. The number of anilines is 1. The normalized spacial score (nSPS) is 13.5. The summed E-state index contributed by atoms with van der Waals surface area (Å²) >= 11 is 0. The summed E-state index contributed by atoms with van der Waals surface area (Å²) in [6.07, 6.45) is -0.839. The van der Waals surface area contributed by atoms with Crippen LogP contribution in [-0.4, -0.2) is 31.4 Å². The smallest absolute Gasteiger partial charge is 0.347 e. The molecule has 0 radical (unpaired) electrons. The third-order valence-corrected chi connectivity index (χ3v) is 4.37. The molecule has 1 N–H and O–H groups in total. The Bertz CT molecular complexity index is 885. The van der Waals surface area contributed by atoms with Crippen LogP contribution in [0.5, 0.6) is 17.2 Å². The molecular formula is C22H25NO6. The summed E-state index contributed by atoms with van der Waals surface area (Å²) in [7, 11) is 0. The average Bonchev–Trinajstić information content (AvgIpc) is 3.13. The number of ether oxygens (including phenoxy) is 4. The summed E-state index contributed by atoms with van der Waals surface area (Å²) in [4.78, 5) is 24.1. The summed E-state index contributed by atoms with van der Waals surface area (Å²) in [6, 6.07) is 12.6. The number of fused-ring (bicyclic) bond motifs is 1. The third-order valence-electron chi connectivity index (χ3n) is 4.37. The molecule has 2 aromatic carbocycles. The van der Waals surface area contributed by atoms with Gasteiger partial charge in [-0.3, -0.25) is 4.79 Å². The number of rotatable bonds is 6. The number of esters is 1. The molecule has 0 saturated carbocycles. The standard InChI is InChI=1S/C22H25NO6/c1-14(29-17-8-5-15(6-9-17)22(2,3)4)21(25)26-12-20(24)23-16-7-10-18-19(11-16)28-13-27-18/h5-11,14H,12-13H2,1-4H3,(H,23,24)/t14-/m1/s1. The Morgan fingerprint density at radius 2 is 1.76 bits per heavy atom. The second-order valence-corrected chi connectivity index (χ2v) is 7.76. The van der Waals surface area contributed by atoms with Gasteiger partial charge in [-0.25, -0.2) is 4.79 Å². The van der Waals surface area contributed by atoms with Crippen molar-refractivity contribution in [2.45, 2.75) is 39.2 Å². The van der Waals surface area contributed by atoms with Gasteiger partial charge in [0.1, 0.15) is 5.75 Å². The first kappa shape index (κ1) is 20.5. The first-order valence-electron chi connectivity index (χ1n) is 9.36. The van der Waals surface area contributed by atoms with E-state index in [9.17, 15) is 9.59 Å². The van der Waals surface area contributed by atoms with Crippen molar-refractivity contribution in [1.82, 2.24) is 0 Å². The number of hydrogen-bond acceptors (Lipinski definition) is 6. The van der Waals surface area contributed by atoms with E-state index in [0.717, 1.165) is 0 Å². The summed E-state index contributed by atoms with van der Waals surface area (Å²) in [5.74, 6) is 0.659. The lowest BCUT2D eigenvalue weighted by Gasteiger charge is -2.20. The van der Waals surface area contributed by atoms with Crippen molar-refractivity contribution in [2.75, 3.05) is 18.7 Å². The molecule has 0 aromatic heterocycles. The minimum absolute atomic E-state index is 0.0361. The minimum Gasteiger partial charge on any atom is -0.479 e. The maximum absolute atomic E-state index is 12.1. The molecular weight excluding hydrogens is 374 g/mol. The highest BCUT2D eigenvalue weighted by molar-refractivity contribution is 5.93. The maximum atomic E-state index is 12.1. The summed E-state index contributed by atoms with van der Waals surface area (Å²) in [5.41, 5.74) is 1.73. The van der Waals surface area contributed by atoms with E-state index in [-0.39, 0.29) is 12.2 Å². The van der Waals surface area contributed by atoms with Gasteiger partial charge >= 0.3 is 5.97 Å². The van der Waals surface area contributed by atoms with Crippen LogP contribution in [-0.2, 0) is 19.7 Å². The summed E-state index contributed by atoms with van der Waals surface area (Å²) < 4.78 is 21.1. The number of nitrogens with one attached hydrogen (secondary N) is 1. The van der Waals surface area contributed by atoms with Crippen LogP contribution in [0.3, 0.4) is 0 Å². The highest BCUT2D eigenvalue weighted by Gasteiger charge is 2.19. The van der Waals surface area contributed by atoms with Crippen LogP contribution in [0.15, 0.2) is 42.5 Å². The van der Waals surface area contributed by atoms with E-state index in [2.05, 4.69) is 26.1 Å². The predicted octanol–water partition coefficient (Wildman–Crippen LogP) is 3.66. The minimum atomic E-state index is -0.839. The molecule has 0 spiro atoms. The third kappa shape index (κ3) is 5.40. The molecule has 1 aliphatic heterocycles. The zero-order valence-corrected chi connectivity index (χ0v) is 17.0. The average molecular weight is 399 g/mol. The lowest BCUT2D eigenvalue weighted by Crippen LogP contribution is -2.29. The molecule has 1 amide bonds. The van der Waals surface area contributed by atoms with Crippen molar-refractivity contribution in [3.8, 4) is 17.2 Å². The van der Waals surface area contributed by atoms with Crippen LogP contribution in [0.1, 0.15) is 33.3 Å². The Hall–Kier alpha value is -3.22. The molecule has 1 atom stereocenters. The molecule has 2 aromatic rings. The van der Waals surface area contributed by atoms with Gasteiger partial charge in [0.25, 0.3) is 5.91 Å². The monoisotopic (exact) mass is 399 g/mol. The molecule has 1 aliphatic rings. The van der Waals surface area contributed by atoms with Crippen molar-refractivity contribution in [3.63, 3.8) is 0 Å². The fourth-order valence-electron chi connectivity index (χ4n) is 2.71. The van der Waals surface area contributed by atoms with E-state index in [0.29, 0.717) is 22.9 Å². The Morgan fingerprint density at radius 3 is 2.45 bits per heavy atom. The van der Waals surface area contributed by atoms with Gasteiger partial charge in [-0.1, -0.05) is 32.9 Å². The van der Waals surface area contributed by atoms with E-state index in [1.165, 1.54) is 5.56 Å². The van der Waals surface area contributed by atoms with Crippen LogP contribution in [0.2, 0.25) is 0 Å². The highest BCUT2D eigenvalue weighted by Crippen LogP contribution is 2.34. The van der Waals surface area contributed by atoms with Gasteiger partial charge in [0.05, 0.1) is 0 Å². The van der Waals surface area contributed by atoms with Gasteiger partial charge < -0.3 is 24.3 Å². The van der Waals surface area contributed by atoms with E-state index >= 15 is 0 Å². The number of benzene rings is 2. The van der Waals surface area contributed by atoms with Gasteiger partial charge in [0.15, 0.2) is 24.2 Å². The second-order valence-electron chi connectivity index (χ2n) is 7.76. The van der Waals surface area contributed by atoms with E-state index < -0.39 is 24.6 Å². The fourth-order valence-corrected chi connectivity index (χ4v) is 2.71. The quantitative estimate of drug-likeness (QED) is 0.747. The molecule has 7 nitrogen and oxygen atoms in total. The molecule has 0 saturated heterocycles. The number of hydrogen-bond donors (Lipinski definition) is 1. The largest absolute Gasteiger partial charge is 0.479 e. The van der Waals surface area contributed by atoms with E-state index in [1.54, 1.807) is 25.1 Å². The molecule has 154 valence electrons. The van der Waals surface area contributed by atoms with Crippen molar-refractivity contribution >= 4 is 17.6 Å².